The van der Waals surface area contributed by atoms with E-state index in [9.17, 15) is 18.0 Å². The second-order valence-corrected chi connectivity index (χ2v) is 8.38. The lowest BCUT2D eigenvalue weighted by Gasteiger charge is -2.27. The van der Waals surface area contributed by atoms with Gasteiger partial charge in [0.2, 0.25) is 0 Å². The highest BCUT2D eigenvalue weighted by molar-refractivity contribution is 7.94. The summed E-state index contributed by atoms with van der Waals surface area (Å²) < 4.78 is 28.8. The van der Waals surface area contributed by atoms with Crippen molar-refractivity contribution in [3.63, 3.8) is 0 Å². The van der Waals surface area contributed by atoms with Crippen LogP contribution in [0.2, 0.25) is 0 Å². The number of benzene rings is 2. The molecule has 1 aliphatic heterocycles. The number of carbonyl (C=O) groups excluding carboxylic acids is 2. The molecule has 7 heteroatoms. The minimum absolute atomic E-state index is 0.194. The summed E-state index contributed by atoms with van der Waals surface area (Å²) >= 11 is 0. The van der Waals surface area contributed by atoms with Gasteiger partial charge in [-0.15, -0.1) is 0 Å². The number of esters is 1. The summed E-state index contributed by atoms with van der Waals surface area (Å²) in [4.78, 5) is 26.4. The van der Waals surface area contributed by atoms with E-state index in [1.54, 1.807) is 42.5 Å². The zero-order chi connectivity index (χ0) is 20.1. The molecule has 2 aromatic carbocycles. The van der Waals surface area contributed by atoms with Crippen molar-refractivity contribution < 1.29 is 22.7 Å². The quantitative estimate of drug-likeness (QED) is 0.698. The fourth-order valence-corrected chi connectivity index (χ4v) is 4.25. The number of ether oxygens (including phenoxy) is 1. The van der Waals surface area contributed by atoms with E-state index in [-0.39, 0.29) is 5.75 Å². The van der Waals surface area contributed by atoms with Crippen LogP contribution >= 0.6 is 0 Å². The third-order valence-corrected chi connectivity index (χ3v) is 5.85. The van der Waals surface area contributed by atoms with E-state index in [4.69, 9.17) is 4.74 Å². The third-order valence-electron chi connectivity index (χ3n) is 4.47. The molecule has 0 saturated heterocycles. The smallest absolute Gasteiger partial charge is 0.338 e. The van der Waals surface area contributed by atoms with E-state index in [0.717, 1.165) is 17.4 Å². The number of para-hydroxylation sites is 1. The van der Waals surface area contributed by atoms with Gasteiger partial charge in [-0.25, -0.2) is 13.2 Å². The molecule has 0 radical (unpaired) electrons. The van der Waals surface area contributed by atoms with E-state index in [0.29, 0.717) is 11.3 Å². The van der Waals surface area contributed by atoms with Crippen LogP contribution < -0.4 is 4.90 Å². The minimum Gasteiger partial charge on any atom is -0.452 e. The Morgan fingerprint density at radius 3 is 2.32 bits per heavy atom. The molecule has 0 aliphatic carbocycles. The Hall–Kier alpha value is -2.93. The van der Waals surface area contributed by atoms with Crippen LogP contribution in [0.4, 0.5) is 5.69 Å². The number of sulfone groups is 1. The van der Waals surface area contributed by atoms with Crippen molar-refractivity contribution in [3.05, 3.63) is 77.2 Å². The van der Waals surface area contributed by atoms with Gasteiger partial charge in [0.15, 0.2) is 16.4 Å². The topological polar surface area (TPSA) is 80.8 Å². The van der Waals surface area contributed by atoms with Crippen molar-refractivity contribution in [2.75, 3.05) is 17.3 Å². The Balaban J connectivity index is 1.72. The predicted octanol–water partition coefficient (Wildman–Crippen LogP) is 2.75. The maximum Gasteiger partial charge on any atom is 0.338 e. The molecule has 1 amide bonds. The summed E-state index contributed by atoms with van der Waals surface area (Å²) in [5, 5.41) is 1.11. The predicted molar refractivity (Wildman–Crippen MR) is 107 cm³/mol. The molecule has 146 valence electrons. The third kappa shape index (κ3) is 4.67. The summed E-state index contributed by atoms with van der Waals surface area (Å²) in [5.74, 6) is -1.28. The fraction of sp³-hybridized carbons (Fsp3) is 0.238. The molecular formula is C21H21NO5S. The van der Waals surface area contributed by atoms with Crippen LogP contribution in [0.15, 0.2) is 66.1 Å². The molecule has 0 saturated carbocycles. The number of rotatable bonds is 6. The van der Waals surface area contributed by atoms with Crippen molar-refractivity contribution in [2.45, 2.75) is 19.4 Å². The standard InChI is InChI=1S/C21H21NO5S/c1-2-16-8-10-17(11-9-16)21(24)27-14-20(23)22(18-6-4-3-5-7-18)19-12-13-28(25,26)15-19/h3-13,19H,2,14-15H2,1H3/t19-/m0/s1. The molecular weight excluding hydrogens is 378 g/mol. The Kier molecular flexibility index (Phi) is 5.94. The summed E-state index contributed by atoms with van der Waals surface area (Å²) in [5.41, 5.74) is 2.00. The number of aryl methyl sites for hydroxylation is 1. The van der Waals surface area contributed by atoms with Gasteiger partial charge in [0.1, 0.15) is 0 Å². The Bertz CT molecular complexity index is 981. The van der Waals surface area contributed by atoms with E-state index in [1.165, 1.54) is 11.0 Å². The molecule has 6 nitrogen and oxygen atoms in total. The van der Waals surface area contributed by atoms with Crippen molar-refractivity contribution >= 4 is 27.4 Å². The number of hydrogen-bond donors (Lipinski definition) is 0. The first-order valence-corrected chi connectivity index (χ1v) is 10.7. The first-order chi connectivity index (χ1) is 13.4. The average molecular weight is 399 g/mol. The number of carbonyl (C=O) groups is 2. The van der Waals surface area contributed by atoms with Crippen molar-refractivity contribution in [2.24, 2.45) is 0 Å². The lowest BCUT2D eigenvalue weighted by molar-refractivity contribution is -0.121. The van der Waals surface area contributed by atoms with Crippen molar-refractivity contribution in [1.82, 2.24) is 0 Å². The zero-order valence-electron chi connectivity index (χ0n) is 15.4. The van der Waals surface area contributed by atoms with Crippen LogP contribution in [0.5, 0.6) is 0 Å². The average Bonchev–Trinajstić information content (AvgIpc) is 3.06. The number of amides is 1. The number of nitrogens with zero attached hydrogens (tertiary/aromatic N) is 1. The molecule has 0 aromatic heterocycles. The van der Waals surface area contributed by atoms with Crippen LogP contribution in [0.25, 0.3) is 0 Å². The normalized spacial score (nSPS) is 17.2. The van der Waals surface area contributed by atoms with Crippen molar-refractivity contribution in [1.29, 1.82) is 0 Å². The van der Waals surface area contributed by atoms with Gasteiger partial charge in [0.05, 0.1) is 17.4 Å². The second-order valence-electron chi connectivity index (χ2n) is 6.45. The highest BCUT2D eigenvalue weighted by Gasteiger charge is 2.31. The fourth-order valence-electron chi connectivity index (χ4n) is 2.99. The Labute approximate surface area is 164 Å². The molecule has 1 aliphatic rings. The van der Waals surface area contributed by atoms with E-state index < -0.39 is 34.4 Å². The summed E-state index contributed by atoms with van der Waals surface area (Å²) in [7, 11) is -3.35. The van der Waals surface area contributed by atoms with Gasteiger partial charge >= 0.3 is 5.97 Å². The molecule has 1 heterocycles. The summed E-state index contributed by atoms with van der Waals surface area (Å²) in [6, 6.07) is 15.1. The number of anilines is 1. The van der Waals surface area contributed by atoms with Crippen LogP contribution in [-0.4, -0.2) is 38.7 Å². The van der Waals surface area contributed by atoms with Gasteiger partial charge in [-0.2, -0.15) is 0 Å². The largest absolute Gasteiger partial charge is 0.452 e. The lowest BCUT2D eigenvalue weighted by Crippen LogP contribution is -2.43. The van der Waals surface area contributed by atoms with E-state index in [1.807, 2.05) is 19.1 Å². The van der Waals surface area contributed by atoms with Crippen LogP contribution in [-0.2, 0) is 25.8 Å². The Morgan fingerprint density at radius 2 is 1.75 bits per heavy atom. The molecule has 0 bridgehead atoms. The van der Waals surface area contributed by atoms with Gasteiger partial charge in [-0.05, 0) is 42.3 Å². The molecule has 0 N–H and O–H groups in total. The number of hydrogen-bond acceptors (Lipinski definition) is 5. The Morgan fingerprint density at radius 1 is 1.07 bits per heavy atom. The van der Waals surface area contributed by atoms with Crippen LogP contribution in [0.3, 0.4) is 0 Å². The van der Waals surface area contributed by atoms with Crippen LogP contribution in [0, 0.1) is 0 Å². The highest BCUT2D eigenvalue weighted by atomic mass is 32.2. The maximum atomic E-state index is 12.8. The van der Waals surface area contributed by atoms with Gasteiger partial charge in [0.25, 0.3) is 5.91 Å². The van der Waals surface area contributed by atoms with Crippen LogP contribution in [0.1, 0.15) is 22.8 Å². The highest BCUT2D eigenvalue weighted by Crippen LogP contribution is 2.23. The first-order valence-electron chi connectivity index (χ1n) is 8.94. The molecule has 0 fully saturated rings. The van der Waals surface area contributed by atoms with Gasteiger partial charge in [-0.1, -0.05) is 37.3 Å². The summed E-state index contributed by atoms with van der Waals surface area (Å²) in [6.45, 7) is 1.54. The second kappa shape index (κ2) is 8.39. The molecule has 0 spiro atoms. The first kappa shape index (κ1) is 19.8. The van der Waals surface area contributed by atoms with Gasteiger partial charge in [0, 0.05) is 11.1 Å². The molecule has 3 rings (SSSR count). The van der Waals surface area contributed by atoms with Crippen molar-refractivity contribution in [3.8, 4) is 0 Å². The SMILES string of the molecule is CCc1ccc(C(=O)OCC(=O)N(c2ccccc2)[C@H]2C=CS(=O)(=O)C2)cc1. The lowest BCUT2D eigenvalue weighted by atomic mass is 10.1. The van der Waals surface area contributed by atoms with Gasteiger partial charge in [-0.3, -0.25) is 4.79 Å². The summed E-state index contributed by atoms with van der Waals surface area (Å²) in [6.07, 6.45) is 2.34. The zero-order valence-corrected chi connectivity index (χ0v) is 16.3. The van der Waals surface area contributed by atoms with Gasteiger partial charge < -0.3 is 9.64 Å². The molecule has 28 heavy (non-hydrogen) atoms. The maximum absolute atomic E-state index is 12.8. The molecule has 0 unspecified atom stereocenters. The van der Waals surface area contributed by atoms with E-state index in [2.05, 4.69) is 0 Å². The minimum atomic E-state index is -3.35. The molecule has 1 atom stereocenters. The van der Waals surface area contributed by atoms with E-state index >= 15 is 0 Å². The monoisotopic (exact) mass is 399 g/mol. The molecule has 2 aromatic rings.